The highest BCUT2D eigenvalue weighted by molar-refractivity contribution is 7.89. The van der Waals surface area contributed by atoms with Crippen LogP contribution in [0.3, 0.4) is 0 Å². The number of hydrogen-bond donors (Lipinski definition) is 1. The number of carbonyl (C=O) groups is 1. The second-order valence-electron chi connectivity index (χ2n) is 7.28. The Morgan fingerprint density at radius 1 is 1.33 bits per heavy atom. The first kappa shape index (κ1) is 20.8. The lowest BCUT2D eigenvalue weighted by Gasteiger charge is -2.19. The predicted molar refractivity (Wildman–Crippen MR) is 117 cm³/mol. The van der Waals surface area contributed by atoms with E-state index in [1.165, 1.54) is 22.8 Å². The Hall–Kier alpha value is -2.49. The van der Waals surface area contributed by atoms with Gasteiger partial charge in [-0.15, -0.1) is 11.3 Å². The van der Waals surface area contributed by atoms with Gasteiger partial charge < -0.3 is 10.1 Å². The molecular formula is C21H23N3O4S2. The van der Waals surface area contributed by atoms with Gasteiger partial charge in [-0.05, 0) is 42.7 Å². The van der Waals surface area contributed by atoms with Gasteiger partial charge in [0.05, 0.1) is 12.0 Å². The summed E-state index contributed by atoms with van der Waals surface area (Å²) >= 11 is 1.35. The van der Waals surface area contributed by atoms with Crippen molar-refractivity contribution in [1.29, 1.82) is 0 Å². The van der Waals surface area contributed by atoms with Crippen molar-refractivity contribution in [1.82, 2.24) is 14.6 Å². The number of thiophene rings is 1. The number of sulfonamides is 1. The number of amides is 1. The summed E-state index contributed by atoms with van der Waals surface area (Å²) in [5.74, 6) is 0.0794. The van der Waals surface area contributed by atoms with Crippen molar-refractivity contribution in [2.45, 2.75) is 24.2 Å². The van der Waals surface area contributed by atoms with Gasteiger partial charge in [-0.1, -0.05) is 12.1 Å². The normalized spacial score (nSPS) is 17.4. The Kier molecular flexibility index (Phi) is 5.52. The van der Waals surface area contributed by atoms with Crippen molar-refractivity contribution in [2.75, 3.05) is 27.2 Å². The Morgan fingerprint density at radius 3 is 2.87 bits per heavy atom. The number of rotatable bonds is 5. The maximum absolute atomic E-state index is 13.4. The third kappa shape index (κ3) is 3.46. The first-order chi connectivity index (χ1) is 14.4. The lowest BCUT2D eigenvalue weighted by atomic mass is 9.95. The number of fused-ring (bicyclic) bond motifs is 1. The number of aryl methyl sites for hydroxylation is 1. The molecule has 3 heterocycles. The number of hydrogen-bond acceptors (Lipinski definition) is 6. The quantitative estimate of drug-likeness (QED) is 0.652. The average molecular weight is 446 g/mol. The predicted octanol–water partition coefficient (Wildman–Crippen LogP) is 3.15. The Bertz CT molecular complexity index is 1220. The summed E-state index contributed by atoms with van der Waals surface area (Å²) in [4.78, 5) is 18.5. The zero-order valence-corrected chi connectivity index (χ0v) is 18.6. The monoisotopic (exact) mass is 445 g/mol. The van der Waals surface area contributed by atoms with Crippen LogP contribution in [0.5, 0.6) is 5.75 Å². The second-order valence-corrected chi connectivity index (χ2v) is 10.2. The lowest BCUT2D eigenvalue weighted by molar-refractivity contribution is 0.0966. The SMILES string of the molecule is CNC(=O)c1sc2ncccc2c1C1CCN(S(=O)(=O)c2cc(C)ccc2OC)C1. The molecule has 1 saturated heterocycles. The molecule has 9 heteroatoms. The van der Waals surface area contributed by atoms with Crippen LogP contribution < -0.4 is 10.1 Å². The first-order valence-electron chi connectivity index (χ1n) is 9.61. The van der Waals surface area contributed by atoms with Crippen LogP contribution in [0.2, 0.25) is 0 Å². The van der Waals surface area contributed by atoms with E-state index in [0.29, 0.717) is 30.1 Å². The van der Waals surface area contributed by atoms with Crippen molar-refractivity contribution in [3.8, 4) is 5.75 Å². The van der Waals surface area contributed by atoms with Crippen molar-refractivity contribution < 1.29 is 17.9 Å². The Morgan fingerprint density at radius 2 is 2.13 bits per heavy atom. The molecule has 1 N–H and O–H groups in total. The van der Waals surface area contributed by atoms with Crippen LogP contribution in [-0.4, -0.2) is 50.9 Å². The molecule has 7 nitrogen and oxygen atoms in total. The Balaban J connectivity index is 1.72. The number of ether oxygens (including phenoxy) is 1. The molecule has 4 rings (SSSR count). The van der Waals surface area contributed by atoms with Crippen molar-refractivity contribution in [3.05, 3.63) is 52.5 Å². The zero-order valence-electron chi connectivity index (χ0n) is 17.0. The standard InChI is InChI=1S/C21H23N3O4S2/c1-13-6-7-16(28-3)17(11-13)30(26,27)24-10-8-14(12-24)18-15-5-4-9-23-21(15)29-19(18)20(25)22-2/h4-7,9,11,14H,8,10,12H2,1-3H3,(H,22,25). The summed E-state index contributed by atoms with van der Waals surface area (Å²) in [7, 11) is -0.659. The molecule has 0 radical (unpaired) electrons. The Labute approximate surface area is 179 Å². The summed E-state index contributed by atoms with van der Waals surface area (Å²) in [5, 5.41) is 3.61. The van der Waals surface area contributed by atoms with Crippen LogP contribution in [-0.2, 0) is 10.0 Å². The molecule has 1 fully saturated rings. The number of methoxy groups -OCH3 is 1. The fourth-order valence-electron chi connectivity index (χ4n) is 3.95. The lowest BCUT2D eigenvalue weighted by Crippen LogP contribution is -2.29. The highest BCUT2D eigenvalue weighted by Crippen LogP contribution is 2.41. The summed E-state index contributed by atoms with van der Waals surface area (Å²) in [6.07, 6.45) is 2.34. The molecule has 1 amide bonds. The molecule has 0 bridgehead atoms. The largest absolute Gasteiger partial charge is 0.495 e. The van der Waals surface area contributed by atoms with Gasteiger partial charge in [0, 0.05) is 37.6 Å². The fraction of sp³-hybridized carbons (Fsp3) is 0.333. The van der Waals surface area contributed by atoms with Gasteiger partial charge in [0.1, 0.15) is 15.5 Å². The van der Waals surface area contributed by atoms with E-state index in [-0.39, 0.29) is 16.7 Å². The van der Waals surface area contributed by atoms with Crippen molar-refractivity contribution in [2.24, 2.45) is 0 Å². The van der Waals surface area contributed by atoms with Gasteiger partial charge in [0.15, 0.2) is 0 Å². The van der Waals surface area contributed by atoms with Gasteiger partial charge in [-0.3, -0.25) is 4.79 Å². The third-order valence-electron chi connectivity index (χ3n) is 5.43. The highest BCUT2D eigenvalue weighted by Gasteiger charge is 2.37. The second kappa shape index (κ2) is 7.98. The van der Waals surface area contributed by atoms with E-state index in [1.807, 2.05) is 25.1 Å². The molecule has 1 aliphatic heterocycles. The van der Waals surface area contributed by atoms with Gasteiger partial charge in [-0.25, -0.2) is 13.4 Å². The molecule has 1 aromatic carbocycles. The van der Waals surface area contributed by atoms with Crippen LogP contribution in [0.4, 0.5) is 0 Å². The number of aromatic nitrogens is 1. The molecule has 2 aromatic heterocycles. The minimum Gasteiger partial charge on any atom is -0.495 e. The molecule has 0 saturated carbocycles. The van der Waals surface area contributed by atoms with Gasteiger partial charge in [0.2, 0.25) is 10.0 Å². The highest BCUT2D eigenvalue weighted by atomic mass is 32.2. The molecular weight excluding hydrogens is 422 g/mol. The first-order valence-corrected chi connectivity index (χ1v) is 11.9. The molecule has 30 heavy (non-hydrogen) atoms. The van der Waals surface area contributed by atoms with Gasteiger partial charge in [0.25, 0.3) is 5.91 Å². The van der Waals surface area contributed by atoms with Crippen molar-refractivity contribution in [3.63, 3.8) is 0 Å². The fourth-order valence-corrected chi connectivity index (χ4v) is 6.86. The van der Waals surface area contributed by atoms with Gasteiger partial charge in [-0.2, -0.15) is 4.31 Å². The number of nitrogens with one attached hydrogen (secondary N) is 1. The van der Waals surface area contributed by atoms with Gasteiger partial charge >= 0.3 is 0 Å². The van der Waals surface area contributed by atoms with E-state index < -0.39 is 10.0 Å². The van der Waals surface area contributed by atoms with Crippen LogP contribution in [0.1, 0.15) is 33.1 Å². The van der Waals surface area contributed by atoms with Crippen LogP contribution in [0.15, 0.2) is 41.4 Å². The summed E-state index contributed by atoms with van der Waals surface area (Å²) in [5.41, 5.74) is 1.73. The molecule has 0 aliphatic carbocycles. The van der Waals surface area contributed by atoms with E-state index >= 15 is 0 Å². The minimum atomic E-state index is -3.72. The van der Waals surface area contributed by atoms with E-state index in [2.05, 4.69) is 10.3 Å². The van der Waals surface area contributed by atoms with Crippen LogP contribution >= 0.6 is 11.3 Å². The molecule has 0 spiro atoms. The average Bonchev–Trinajstić information content (AvgIpc) is 3.38. The smallest absolute Gasteiger partial charge is 0.261 e. The summed E-state index contributed by atoms with van der Waals surface area (Å²) in [6, 6.07) is 8.93. The molecule has 1 unspecified atom stereocenters. The van der Waals surface area contributed by atoms with E-state index in [1.54, 1.807) is 25.4 Å². The maximum Gasteiger partial charge on any atom is 0.261 e. The van der Waals surface area contributed by atoms with E-state index in [9.17, 15) is 13.2 Å². The number of pyridine rings is 1. The third-order valence-corrected chi connectivity index (χ3v) is 8.45. The molecule has 3 aromatic rings. The maximum atomic E-state index is 13.4. The zero-order chi connectivity index (χ0) is 21.5. The molecule has 1 atom stereocenters. The summed E-state index contributed by atoms with van der Waals surface area (Å²) in [6.45, 7) is 2.55. The van der Waals surface area contributed by atoms with Crippen molar-refractivity contribution >= 4 is 37.5 Å². The number of nitrogens with zero attached hydrogens (tertiary/aromatic N) is 2. The molecule has 158 valence electrons. The molecule has 1 aliphatic rings. The van der Waals surface area contributed by atoms with Crippen LogP contribution in [0, 0.1) is 6.92 Å². The minimum absolute atomic E-state index is 0.0826. The summed E-state index contributed by atoms with van der Waals surface area (Å²) < 4.78 is 33.5. The van der Waals surface area contributed by atoms with E-state index in [4.69, 9.17) is 4.74 Å². The topological polar surface area (TPSA) is 88.6 Å². The van der Waals surface area contributed by atoms with Crippen LogP contribution in [0.25, 0.3) is 10.2 Å². The number of benzene rings is 1. The van der Waals surface area contributed by atoms with E-state index in [0.717, 1.165) is 21.3 Å². The number of carbonyl (C=O) groups excluding carboxylic acids is 1.